The van der Waals surface area contributed by atoms with Gasteiger partial charge in [-0.05, 0) is 74.7 Å². The van der Waals surface area contributed by atoms with Crippen molar-refractivity contribution in [1.82, 2.24) is 0 Å². The molecule has 0 radical (unpaired) electrons. The van der Waals surface area contributed by atoms with Crippen LogP contribution in [0.25, 0.3) is 0 Å². The van der Waals surface area contributed by atoms with Gasteiger partial charge in [-0.25, -0.2) is 0 Å². The molecular weight excluding hydrogens is 288 g/mol. The van der Waals surface area contributed by atoms with Crippen molar-refractivity contribution in [1.29, 1.82) is 0 Å². The molecule has 0 spiro atoms. The second-order valence-corrected chi connectivity index (χ2v) is 8.86. The predicted molar refractivity (Wildman–Crippen MR) is 87.3 cm³/mol. The highest BCUT2D eigenvalue weighted by Crippen LogP contribution is 2.65. The summed E-state index contributed by atoms with van der Waals surface area (Å²) in [5.74, 6) is 3.45. The first-order valence-electron chi connectivity index (χ1n) is 9.28. The lowest BCUT2D eigenvalue weighted by molar-refractivity contribution is -0.152. The van der Waals surface area contributed by atoms with Crippen molar-refractivity contribution in [3.63, 3.8) is 0 Å². The zero-order valence-corrected chi connectivity index (χ0v) is 14.6. The van der Waals surface area contributed by atoms with E-state index in [2.05, 4.69) is 19.9 Å². The van der Waals surface area contributed by atoms with E-state index in [0.717, 1.165) is 31.4 Å². The monoisotopic (exact) mass is 316 g/mol. The van der Waals surface area contributed by atoms with Gasteiger partial charge in [0.1, 0.15) is 11.5 Å². The van der Waals surface area contributed by atoms with Gasteiger partial charge in [-0.1, -0.05) is 13.8 Å². The maximum Gasteiger partial charge on any atom is 0.310 e. The summed E-state index contributed by atoms with van der Waals surface area (Å²) >= 11 is 0. The van der Waals surface area contributed by atoms with Crippen molar-refractivity contribution < 1.29 is 14.3 Å². The first-order valence-corrected chi connectivity index (χ1v) is 9.28. The van der Waals surface area contributed by atoms with Gasteiger partial charge in [0.25, 0.3) is 0 Å². The van der Waals surface area contributed by atoms with E-state index >= 15 is 0 Å². The normalized spacial score (nSPS) is 48.7. The molecule has 4 aliphatic rings. The summed E-state index contributed by atoms with van der Waals surface area (Å²) in [4.78, 5) is 23.8. The van der Waals surface area contributed by atoms with Crippen LogP contribution in [-0.4, -0.2) is 11.8 Å². The van der Waals surface area contributed by atoms with Crippen molar-refractivity contribution in [2.75, 3.05) is 0 Å². The summed E-state index contributed by atoms with van der Waals surface area (Å²) < 4.78 is 5.61. The number of fused-ring (bicyclic) bond motifs is 5. The van der Waals surface area contributed by atoms with Crippen LogP contribution in [0.3, 0.4) is 0 Å². The van der Waals surface area contributed by atoms with Crippen LogP contribution in [0.4, 0.5) is 0 Å². The number of carbonyl (C=O) groups excluding carboxylic acids is 2. The van der Waals surface area contributed by atoms with E-state index in [0.29, 0.717) is 30.0 Å². The summed E-state index contributed by atoms with van der Waals surface area (Å²) in [5.41, 5.74) is 0.229. The van der Waals surface area contributed by atoms with Gasteiger partial charge in [0.05, 0.1) is 0 Å². The second-order valence-electron chi connectivity index (χ2n) is 8.86. The topological polar surface area (TPSA) is 43.4 Å². The highest BCUT2D eigenvalue weighted by atomic mass is 16.5. The third kappa shape index (κ3) is 2.01. The Morgan fingerprint density at radius 2 is 1.96 bits per heavy atom. The predicted octanol–water partition coefficient (Wildman–Crippen LogP) is 4.27. The third-order valence-electron chi connectivity index (χ3n) is 7.96. The van der Waals surface area contributed by atoms with E-state index in [4.69, 9.17) is 4.74 Å². The summed E-state index contributed by atoms with van der Waals surface area (Å²) in [5, 5.41) is 0. The number of allylic oxidation sites excluding steroid dienone is 2. The molecule has 3 nitrogen and oxygen atoms in total. The molecule has 0 bridgehead atoms. The lowest BCUT2D eigenvalue weighted by Gasteiger charge is -2.56. The maximum atomic E-state index is 12.1. The summed E-state index contributed by atoms with van der Waals surface area (Å²) in [6.07, 6.45) is 9.29. The standard InChI is InChI=1S/C20H28O3/c1-12(21)14-5-6-15-13-4-7-17-20(3,11-9-18(22)23-17)16(13)8-10-19(14,15)2/h7,13-16H,4-6,8-11H2,1-3H3/t13-,14-,15-,16+,19+,20+/m0/s1. The molecule has 1 heterocycles. The van der Waals surface area contributed by atoms with E-state index in [1.165, 1.54) is 12.8 Å². The van der Waals surface area contributed by atoms with Gasteiger partial charge in [0, 0.05) is 17.8 Å². The SMILES string of the molecule is CC(=O)[C@@H]1CC[C@H]2[C@@H]3CC=C4OC(=O)CC[C@]4(C)[C@@H]3CC[C@]12C. The highest BCUT2D eigenvalue weighted by molar-refractivity contribution is 5.79. The number of ketones is 1. The van der Waals surface area contributed by atoms with Gasteiger partial charge in [0.15, 0.2) is 0 Å². The minimum absolute atomic E-state index is 0.0342. The molecule has 23 heavy (non-hydrogen) atoms. The molecule has 6 atom stereocenters. The Balaban J connectivity index is 1.67. The van der Waals surface area contributed by atoms with Gasteiger partial charge in [-0.3, -0.25) is 9.59 Å². The Morgan fingerprint density at radius 3 is 2.70 bits per heavy atom. The Hall–Kier alpha value is -1.12. The van der Waals surface area contributed by atoms with Crippen LogP contribution in [0.5, 0.6) is 0 Å². The molecule has 126 valence electrons. The molecule has 4 rings (SSSR count). The molecule has 0 amide bonds. The molecule has 3 aliphatic carbocycles. The van der Waals surface area contributed by atoms with Crippen LogP contribution in [0, 0.1) is 34.5 Å². The van der Waals surface area contributed by atoms with Crippen LogP contribution < -0.4 is 0 Å². The Labute approximate surface area is 138 Å². The zero-order valence-electron chi connectivity index (χ0n) is 14.6. The molecule has 2 saturated carbocycles. The summed E-state index contributed by atoms with van der Waals surface area (Å²) in [6.45, 7) is 6.46. The molecule has 0 aromatic carbocycles. The minimum Gasteiger partial charge on any atom is -0.431 e. The minimum atomic E-state index is -0.0645. The largest absolute Gasteiger partial charge is 0.431 e. The number of esters is 1. The van der Waals surface area contributed by atoms with Crippen molar-refractivity contribution in [2.24, 2.45) is 34.5 Å². The fraction of sp³-hybridized carbons (Fsp3) is 0.800. The number of hydrogen-bond donors (Lipinski definition) is 0. The number of rotatable bonds is 1. The molecule has 3 fully saturated rings. The first kappa shape index (κ1) is 15.4. The fourth-order valence-electron chi connectivity index (χ4n) is 6.74. The van der Waals surface area contributed by atoms with Crippen LogP contribution in [-0.2, 0) is 14.3 Å². The van der Waals surface area contributed by atoms with E-state index in [-0.39, 0.29) is 22.7 Å². The van der Waals surface area contributed by atoms with Crippen LogP contribution in [0.2, 0.25) is 0 Å². The van der Waals surface area contributed by atoms with Crippen molar-refractivity contribution in [3.05, 3.63) is 11.8 Å². The molecule has 0 aromatic rings. The number of carbonyl (C=O) groups is 2. The zero-order chi connectivity index (χ0) is 16.4. The summed E-state index contributed by atoms with van der Waals surface area (Å²) in [7, 11) is 0. The van der Waals surface area contributed by atoms with Gasteiger partial charge >= 0.3 is 5.97 Å². The average Bonchev–Trinajstić information content (AvgIpc) is 2.85. The molecule has 0 unspecified atom stereocenters. The molecule has 1 aliphatic heterocycles. The molecule has 0 aromatic heterocycles. The lowest BCUT2D eigenvalue weighted by atomic mass is 9.49. The van der Waals surface area contributed by atoms with Crippen LogP contribution >= 0.6 is 0 Å². The Kier molecular flexibility index (Phi) is 3.31. The highest BCUT2D eigenvalue weighted by Gasteiger charge is 2.60. The van der Waals surface area contributed by atoms with Crippen LogP contribution in [0.15, 0.2) is 11.8 Å². The number of Topliss-reactive ketones (excluding diaryl/α,β-unsaturated/α-hetero) is 1. The Bertz CT molecular complexity index is 592. The summed E-state index contributed by atoms with van der Waals surface area (Å²) in [6, 6.07) is 0. The quantitative estimate of drug-likeness (QED) is 0.679. The van der Waals surface area contributed by atoms with E-state index in [1.54, 1.807) is 6.92 Å². The fourth-order valence-corrected chi connectivity index (χ4v) is 6.74. The molecular formula is C20H28O3. The van der Waals surface area contributed by atoms with Crippen LogP contribution in [0.1, 0.15) is 65.7 Å². The average molecular weight is 316 g/mol. The van der Waals surface area contributed by atoms with Gasteiger partial charge < -0.3 is 4.74 Å². The third-order valence-corrected chi connectivity index (χ3v) is 7.96. The number of hydrogen-bond acceptors (Lipinski definition) is 3. The molecule has 0 N–H and O–H groups in total. The maximum absolute atomic E-state index is 12.1. The van der Waals surface area contributed by atoms with Crippen molar-refractivity contribution >= 4 is 11.8 Å². The lowest BCUT2D eigenvalue weighted by Crippen LogP contribution is -2.51. The van der Waals surface area contributed by atoms with Gasteiger partial charge in [0.2, 0.25) is 0 Å². The van der Waals surface area contributed by atoms with E-state index < -0.39 is 0 Å². The van der Waals surface area contributed by atoms with Gasteiger partial charge in [-0.15, -0.1) is 0 Å². The van der Waals surface area contributed by atoms with E-state index in [9.17, 15) is 9.59 Å². The van der Waals surface area contributed by atoms with Crippen molar-refractivity contribution in [2.45, 2.75) is 65.7 Å². The van der Waals surface area contributed by atoms with E-state index in [1.807, 2.05) is 0 Å². The Morgan fingerprint density at radius 1 is 1.17 bits per heavy atom. The van der Waals surface area contributed by atoms with Gasteiger partial charge in [-0.2, -0.15) is 0 Å². The molecule has 1 saturated heterocycles. The van der Waals surface area contributed by atoms with Crippen molar-refractivity contribution in [3.8, 4) is 0 Å². The second kappa shape index (κ2) is 4.94. The molecule has 3 heteroatoms. The number of ether oxygens (including phenoxy) is 1. The smallest absolute Gasteiger partial charge is 0.310 e. The first-order chi connectivity index (χ1) is 10.9.